The van der Waals surface area contributed by atoms with Gasteiger partial charge in [-0.05, 0) is 26.6 Å². The average molecular weight is 449 g/mol. The van der Waals surface area contributed by atoms with E-state index in [4.69, 9.17) is 14.5 Å². The van der Waals surface area contributed by atoms with Crippen LogP contribution in [0.1, 0.15) is 17.3 Å². The molecule has 5 rings (SSSR count). The van der Waals surface area contributed by atoms with E-state index in [9.17, 15) is 0 Å². The third-order valence-corrected chi connectivity index (χ3v) is 6.60. The van der Waals surface area contributed by atoms with Crippen molar-refractivity contribution in [1.82, 2.24) is 24.9 Å². The number of thiophene rings is 1. The Kier molecular flexibility index (Phi) is 5.91. The molecule has 0 unspecified atom stereocenters. The van der Waals surface area contributed by atoms with Gasteiger partial charge in [0.25, 0.3) is 0 Å². The first kappa shape index (κ1) is 21.1. The van der Waals surface area contributed by atoms with Crippen LogP contribution in [0, 0.1) is 6.92 Å². The van der Waals surface area contributed by atoms with E-state index in [2.05, 4.69) is 69.7 Å². The number of piperazine rings is 1. The van der Waals surface area contributed by atoms with Crippen molar-refractivity contribution in [3.63, 3.8) is 0 Å². The Bertz CT molecular complexity index is 1190. The summed E-state index contributed by atoms with van der Waals surface area (Å²) in [5, 5.41) is 7.40. The summed E-state index contributed by atoms with van der Waals surface area (Å²) >= 11 is 1.71. The van der Waals surface area contributed by atoms with Crippen molar-refractivity contribution >= 4 is 27.4 Å². The zero-order valence-corrected chi connectivity index (χ0v) is 19.6. The Balaban J connectivity index is 1.45. The third-order valence-electron chi connectivity index (χ3n) is 5.73. The summed E-state index contributed by atoms with van der Waals surface area (Å²) in [5.74, 6) is 2.86. The van der Waals surface area contributed by atoms with Gasteiger partial charge in [-0.2, -0.15) is 0 Å². The molecule has 0 N–H and O–H groups in total. The highest BCUT2D eigenvalue weighted by atomic mass is 32.1. The fourth-order valence-corrected chi connectivity index (χ4v) is 5.17. The van der Waals surface area contributed by atoms with Gasteiger partial charge in [0.15, 0.2) is 5.76 Å². The molecule has 0 bridgehead atoms. The number of aromatic nitrogens is 3. The largest absolute Gasteiger partial charge is 0.360 e. The second kappa shape index (κ2) is 8.97. The lowest BCUT2D eigenvalue weighted by atomic mass is 10.1. The standard InChI is InChI=1S/C24H28N6OS/c1-17-13-19(31-27-17)14-29-9-11-30(12-10-29)23-22-20(18-7-5-4-6-8-18)16-32-24(22)26-21(25-23)15-28(2)3/h4-8,13,16H,9-12,14-15H2,1-3H3. The highest BCUT2D eigenvalue weighted by Crippen LogP contribution is 2.38. The molecule has 0 radical (unpaired) electrons. The molecule has 0 atom stereocenters. The Hall–Kier alpha value is -2.81. The molecule has 166 valence electrons. The predicted octanol–water partition coefficient (Wildman–Crippen LogP) is 4.04. The number of benzene rings is 1. The molecule has 4 aromatic rings. The summed E-state index contributed by atoms with van der Waals surface area (Å²) in [7, 11) is 4.11. The van der Waals surface area contributed by atoms with Crippen molar-refractivity contribution in [3.05, 3.63) is 59.1 Å². The first-order valence-corrected chi connectivity index (χ1v) is 11.8. The quantitative estimate of drug-likeness (QED) is 0.441. The van der Waals surface area contributed by atoms with Gasteiger partial charge in [-0.1, -0.05) is 35.5 Å². The zero-order valence-electron chi connectivity index (χ0n) is 18.8. The molecular weight excluding hydrogens is 420 g/mol. The molecule has 4 heterocycles. The highest BCUT2D eigenvalue weighted by molar-refractivity contribution is 7.17. The number of anilines is 1. The van der Waals surface area contributed by atoms with Gasteiger partial charge in [-0.15, -0.1) is 11.3 Å². The number of nitrogens with zero attached hydrogens (tertiary/aromatic N) is 6. The van der Waals surface area contributed by atoms with Crippen LogP contribution in [0.4, 0.5) is 5.82 Å². The first-order chi connectivity index (χ1) is 15.6. The maximum absolute atomic E-state index is 5.41. The summed E-state index contributed by atoms with van der Waals surface area (Å²) in [5.41, 5.74) is 3.36. The molecule has 32 heavy (non-hydrogen) atoms. The number of rotatable bonds is 6. The molecule has 1 aliphatic heterocycles. The molecule has 0 aliphatic carbocycles. The molecule has 0 amide bonds. The van der Waals surface area contributed by atoms with Gasteiger partial charge in [0, 0.05) is 43.2 Å². The first-order valence-electron chi connectivity index (χ1n) is 10.9. The van der Waals surface area contributed by atoms with Crippen LogP contribution in [0.5, 0.6) is 0 Å². The topological polar surface area (TPSA) is 61.5 Å². The van der Waals surface area contributed by atoms with Gasteiger partial charge in [0.2, 0.25) is 0 Å². The predicted molar refractivity (Wildman–Crippen MR) is 129 cm³/mol. The smallest absolute Gasteiger partial charge is 0.150 e. The highest BCUT2D eigenvalue weighted by Gasteiger charge is 2.24. The minimum absolute atomic E-state index is 0.728. The van der Waals surface area contributed by atoms with Crippen molar-refractivity contribution in [3.8, 4) is 11.1 Å². The molecule has 1 aromatic carbocycles. The van der Waals surface area contributed by atoms with E-state index in [1.165, 1.54) is 16.5 Å². The molecule has 1 aliphatic rings. The zero-order chi connectivity index (χ0) is 22.1. The molecule has 1 fully saturated rings. The maximum Gasteiger partial charge on any atom is 0.150 e. The SMILES string of the molecule is Cc1cc(CN2CCN(c3nc(CN(C)C)nc4scc(-c5ccccc5)c34)CC2)on1. The van der Waals surface area contributed by atoms with Crippen molar-refractivity contribution < 1.29 is 4.52 Å². The Morgan fingerprint density at radius 1 is 1.06 bits per heavy atom. The van der Waals surface area contributed by atoms with Gasteiger partial charge >= 0.3 is 0 Å². The number of hydrogen-bond donors (Lipinski definition) is 0. The summed E-state index contributed by atoms with van der Waals surface area (Å²) in [6.45, 7) is 7.25. The van der Waals surface area contributed by atoms with Crippen LogP contribution < -0.4 is 4.90 Å². The van der Waals surface area contributed by atoms with E-state index in [0.29, 0.717) is 0 Å². The third kappa shape index (κ3) is 4.39. The van der Waals surface area contributed by atoms with E-state index in [1.807, 2.05) is 13.0 Å². The van der Waals surface area contributed by atoms with Gasteiger partial charge in [0.1, 0.15) is 16.5 Å². The van der Waals surface area contributed by atoms with E-state index in [0.717, 1.165) is 67.2 Å². The van der Waals surface area contributed by atoms with Crippen LogP contribution in [-0.4, -0.2) is 65.2 Å². The Morgan fingerprint density at radius 2 is 1.84 bits per heavy atom. The monoisotopic (exact) mass is 448 g/mol. The molecule has 3 aromatic heterocycles. The Morgan fingerprint density at radius 3 is 2.53 bits per heavy atom. The molecule has 8 heteroatoms. The molecule has 0 saturated carbocycles. The fourth-order valence-electron chi connectivity index (χ4n) is 4.21. The minimum atomic E-state index is 0.728. The minimum Gasteiger partial charge on any atom is -0.360 e. The molecular formula is C24H28N6OS. The lowest BCUT2D eigenvalue weighted by molar-refractivity contribution is 0.219. The van der Waals surface area contributed by atoms with Crippen molar-refractivity contribution in [1.29, 1.82) is 0 Å². The summed E-state index contributed by atoms with van der Waals surface area (Å²) in [6, 6.07) is 12.6. The number of hydrogen-bond acceptors (Lipinski definition) is 8. The number of aryl methyl sites for hydroxylation is 1. The maximum atomic E-state index is 5.41. The lowest BCUT2D eigenvalue weighted by Gasteiger charge is -2.35. The van der Waals surface area contributed by atoms with Gasteiger partial charge < -0.3 is 14.3 Å². The normalized spacial score (nSPS) is 15.2. The Labute approximate surface area is 192 Å². The van der Waals surface area contributed by atoms with Crippen molar-refractivity contribution in [2.24, 2.45) is 0 Å². The van der Waals surface area contributed by atoms with E-state index >= 15 is 0 Å². The van der Waals surface area contributed by atoms with Crippen LogP contribution in [-0.2, 0) is 13.1 Å². The average Bonchev–Trinajstić information content (AvgIpc) is 3.40. The van der Waals surface area contributed by atoms with Gasteiger partial charge in [-0.25, -0.2) is 9.97 Å². The summed E-state index contributed by atoms with van der Waals surface area (Å²) in [4.78, 5) is 18.0. The van der Waals surface area contributed by atoms with Crippen LogP contribution in [0.3, 0.4) is 0 Å². The van der Waals surface area contributed by atoms with E-state index in [-0.39, 0.29) is 0 Å². The fraction of sp³-hybridized carbons (Fsp3) is 0.375. The summed E-state index contributed by atoms with van der Waals surface area (Å²) in [6.07, 6.45) is 0. The molecule has 1 saturated heterocycles. The molecule has 0 spiro atoms. The van der Waals surface area contributed by atoms with E-state index < -0.39 is 0 Å². The van der Waals surface area contributed by atoms with Crippen molar-refractivity contribution in [2.75, 3.05) is 45.2 Å². The van der Waals surface area contributed by atoms with Crippen LogP contribution in [0.25, 0.3) is 21.3 Å². The molecule has 7 nitrogen and oxygen atoms in total. The lowest BCUT2D eigenvalue weighted by Crippen LogP contribution is -2.46. The van der Waals surface area contributed by atoms with Crippen LogP contribution >= 0.6 is 11.3 Å². The second-order valence-corrected chi connectivity index (χ2v) is 9.45. The van der Waals surface area contributed by atoms with Gasteiger partial charge in [-0.3, -0.25) is 4.90 Å². The van der Waals surface area contributed by atoms with Crippen LogP contribution in [0.2, 0.25) is 0 Å². The van der Waals surface area contributed by atoms with Gasteiger partial charge in [0.05, 0.1) is 24.2 Å². The summed E-state index contributed by atoms with van der Waals surface area (Å²) < 4.78 is 5.41. The number of fused-ring (bicyclic) bond motifs is 1. The van der Waals surface area contributed by atoms with Crippen molar-refractivity contribution in [2.45, 2.75) is 20.0 Å². The van der Waals surface area contributed by atoms with E-state index in [1.54, 1.807) is 11.3 Å². The second-order valence-electron chi connectivity index (χ2n) is 8.59. The van der Waals surface area contributed by atoms with Crippen LogP contribution in [0.15, 0.2) is 46.3 Å².